The van der Waals surface area contributed by atoms with Crippen LogP contribution in [0.25, 0.3) is 0 Å². The molecule has 0 saturated carbocycles. The first-order chi connectivity index (χ1) is 14.6. The molecule has 180 valence electrons. The zero-order chi connectivity index (χ0) is 23.5. The van der Waals surface area contributed by atoms with Gasteiger partial charge in [-0.2, -0.15) is 0 Å². The van der Waals surface area contributed by atoms with Crippen LogP contribution in [0.4, 0.5) is 0 Å². The summed E-state index contributed by atoms with van der Waals surface area (Å²) in [6, 6.07) is 6.02. The Morgan fingerprint density at radius 1 is 0.613 bits per heavy atom. The number of ether oxygens (including phenoxy) is 2. The van der Waals surface area contributed by atoms with Crippen LogP contribution in [-0.2, 0) is 13.3 Å². The largest absolute Gasteiger partial charge is 0.537 e. The molecule has 1 aromatic rings. The second-order valence-corrected chi connectivity index (χ2v) is 11.8. The van der Waals surface area contributed by atoms with Gasteiger partial charge in [-0.05, 0) is 71.9 Å². The molecule has 0 heterocycles. The summed E-state index contributed by atoms with van der Waals surface area (Å²) in [5.74, 6) is 1.51. The van der Waals surface area contributed by atoms with E-state index in [4.69, 9.17) is 22.8 Å². The Labute approximate surface area is 192 Å². The third-order valence-electron chi connectivity index (χ3n) is 5.21. The van der Waals surface area contributed by atoms with Crippen molar-refractivity contribution in [3.05, 3.63) is 18.2 Å². The van der Waals surface area contributed by atoms with Gasteiger partial charge in [0.2, 0.25) is 0 Å². The molecule has 1 aromatic carbocycles. The molecule has 0 saturated heterocycles. The van der Waals surface area contributed by atoms with E-state index in [1.54, 1.807) is 0 Å². The molecule has 0 radical (unpaired) electrons. The zero-order valence-electron chi connectivity index (χ0n) is 21.4. The smallest absolute Gasteiger partial charge is 0.488 e. The quantitative estimate of drug-likeness (QED) is 0.276. The Kier molecular flexibility index (Phi) is 11.6. The minimum absolute atomic E-state index is 0.292. The average Bonchev–Trinajstić information content (AvgIpc) is 2.72. The Morgan fingerprint density at radius 2 is 0.968 bits per heavy atom. The van der Waals surface area contributed by atoms with Gasteiger partial charge >= 0.3 is 8.80 Å². The third-order valence-corrected chi connectivity index (χ3v) is 7.96. The monoisotopic (exact) mass is 454 g/mol. The first kappa shape index (κ1) is 28.0. The first-order valence-electron chi connectivity index (χ1n) is 12.0. The Balaban J connectivity index is 3.56. The lowest BCUT2D eigenvalue weighted by atomic mass is 10.1. The Bertz CT molecular complexity index is 587. The Morgan fingerprint density at radius 3 is 1.26 bits per heavy atom. The summed E-state index contributed by atoms with van der Waals surface area (Å²) in [6.07, 6.45) is 4.46. The second kappa shape index (κ2) is 12.8. The van der Waals surface area contributed by atoms with Crippen molar-refractivity contribution in [2.24, 2.45) is 0 Å². The van der Waals surface area contributed by atoms with Crippen molar-refractivity contribution in [1.82, 2.24) is 0 Å². The van der Waals surface area contributed by atoms with Crippen molar-refractivity contribution >= 4 is 14.0 Å². The number of rotatable bonds is 16. The molecular formula is C25H46O5Si. The lowest BCUT2D eigenvalue weighted by molar-refractivity contribution is 0.0719. The molecule has 31 heavy (non-hydrogen) atoms. The normalized spacial score (nSPS) is 12.8. The molecule has 5 nitrogen and oxygen atoms in total. The number of hydrogen-bond donors (Lipinski definition) is 0. The van der Waals surface area contributed by atoms with E-state index in [-0.39, 0.29) is 11.2 Å². The highest BCUT2D eigenvalue weighted by Gasteiger charge is 2.45. The molecule has 0 aromatic heterocycles. The van der Waals surface area contributed by atoms with Crippen LogP contribution in [0, 0.1) is 0 Å². The maximum Gasteiger partial charge on any atom is 0.537 e. The van der Waals surface area contributed by atoms with E-state index in [2.05, 4.69) is 62.3 Å². The van der Waals surface area contributed by atoms with Crippen molar-refractivity contribution < 1.29 is 22.8 Å². The van der Waals surface area contributed by atoms with Crippen LogP contribution in [0.15, 0.2) is 18.2 Å². The maximum absolute atomic E-state index is 6.38. The van der Waals surface area contributed by atoms with Crippen LogP contribution >= 0.6 is 0 Å². The van der Waals surface area contributed by atoms with Crippen molar-refractivity contribution in [3.8, 4) is 11.5 Å². The van der Waals surface area contributed by atoms with E-state index in [0.29, 0.717) is 19.8 Å². The fourth-order valence-corrected chi connectivity index (χ4v) is 5.54. The molecule has 0 amide bonds. The topological polar surface area (TPSA) is 46.2 Å². The van der Waals surface area contributed by atoms with Gasteiger partial charge in [-0.25, -0.2) is 0 Å². The molecule has 0 aliphatic rings. The molecule has 6 heteroatoms. The van der Waals surface area contributed by atoms with Crippen LogP contribution in [-0.4, -0.2) is 39.8 Å². The van der Waals surface area contributed by atoms with Crippen LogP contribution in [0.2, 0.25) is 0 Å². The van der Waals surface area contributed by atoms with E-state index < -0.39 is 8.80 Å². The van der Waals surface area contributed by atoms with Crippen molar-refractivity contribution in [2.45, 2.75) is 106 Å². The summed E-state index contributed by atoms with van der Waals surface area (Å²) in [5.41, 5.74) is -0.585. The minimum atomic E-state index is -3.13. The van der Waals surface area contributed by atoms with Gasteiger partial charge in [-0.15, -0.1) is 0 Å². The summed E-state index contributed by atoms with van der Waals surface area (Å²) < 4.78 is 31.9. The fraction of sp³-hybridized carbons (Fsp3) is 0.760. The lowest BCUT2D eigenvalue weighted by Crippen LogP contribution is -2.57. The van der Waals surface area contributed by atoms with Gasteiger partial charge in [0, 0.05) is 31.1 Å². The van der Waals surface area contributed by atoms with Gasteiger partial charge < -0.3 is 22.8 Å². The van der Waals surface area contributed by atoms with Gasteiger partial charge in [-0.3, -0.25) is 0 Å². The van der Waals surface area contributed by atoms with Gasteiger partial charge in [0.1, 0.15) is 22.7 Å². The molecule has 0 bridgehead atoms. The average molecular weight is 455 g/mol. The zero-order valence-corrected chi connectivity index (χ0v) is 22.4. The molecule has 0 unspecified atom stereocenters. The van der Waals surface area contributed by atoms with Gasteiger partial charge in [0.25, 0.3) is 0 Å². The predicted molar refractivity (Wildman–Crippen MR) is 131 cm³/mol. The van der Waals surface area contributed by atoms with Crippen LogP contribution in [0.5, 0.6) is 11.5 Å². The molecule has 0 fully saturated rings. The highest BCUT2D eigenvalue weighted by atomic mass is 28.4. The molecule has 0 atom stereocenters. The van der Waals surface area contributed by atoms with Crippen LogP contribution in [0.1, 0.15) is 94.4 Å². The fourth-order valence-electron chi connectivity index (χ4n) is 2.73. The van der Waals surface area contributed by atoms with Crippen LogP contribution < -0.4 is 14.7 Å². The van der Waals surface area contributed by atoms with Crippen molar-refractivity contribution in [3.63, 3.8) is 0 Å². The van der Waals surface area contributed by atoms with Gasteiger partial charge in [-0.1, -0.05) is 34.6 Å². The summed E-state index contributed by atoms with van der Waals surface area (Å²) >= 11 is 0. The number of benzene rings is 1. The van der Waals surface area contributed by atoms with E-state index in [1.807, 2.05) is 18.2 Å². The van der Waals surface area contributed by atoms with Crippen LogP contribution in [0.3, 0.4) is 0 Å². The van der Waals surface area contributed by atoms with E-state index in [0.717, 1.165) is 48.8 Å². The maximum atomic E-state index is 6.38. The predicted octanol–water partition coefficient (Wildman–Crippen LogP) is 6.25. The second-order valence-electron chi connectivity index (χ2n) is 9.23. The van der Waals surface area contributed by atoms with E-state index >= 15 is 0 Å². The summed E-state index contributed by atoms with van der Waals surface area (Å²) in [4.78, 5) is 0. The summed E-state index contributed by atoms with van der Waals surface area (Å²) in [6.45, 7) is 20.7. The van der Waals surface area contributed by atoms with E-state index in [1.165, 1.54) is 0 Å². The summed E-state index contributed by atoms with van der Waals surface area (Å²) in [5, 5.41) is 0.897. The SMILES string of the molecule is CCCO[Si](OCCC)(OCCC)c1cc(OC(C)(C)CC)cc(OC(C)(C)CC)c1. The first-order valence-corrected chi connectivity index (χ1v) is 13.7. The van der Waals surface area contributed by atoms with Gasteiger partial charge in [0.15, 0.2) is 0 Å². The molecule has 0 N–H and O–H groups in total. The third kappa shape index (κ3) is 9.12. The van der Waals surface area contributed by atoms with Crippen molar-refractivity contribution in [1.29, 1.82) is 0 Å². The highest BCUT2D eigenvalue weighted by Crippen LogP contribution is 2.29. The number of hydrogen-bond acceptors (Lipinski definition) is 5. The molecule has 0 aliphatic heterocycles. The highest BCUT2D eigenvalue weighted by molar-refractivity contribution is 6.75. The standard InChI is InChI=1S/C25H46O5Si/c1-10-15-26-31(27-16-11-2,28-17-12-3)23-19-21(29-24(6,7)13-4)18-22(20-23)30-25(8,9)14-5/h18-20H,10-17H2,1-9H3. The molecule has 0 aliphatic carbocycles. The molecular weight excluding hydrogens is 408 g/mol. The van der Waals surface area contributed by atoms with E-state index in [9.17, 15) is 0 Å². The Hall–Kier alpha value is -1.08. The summed E-state index contributed by atoms with van der Waals surface area (Å²) in [7, 11) is -3.13. The molecule has 0 spiro atoms. The van der Waals surface area contributed by atoms with Gasteiger partial charge in [0.05, 0.1) is 0 Å². The minimum Gasteiger partial charge on any atom is -0.488 e. The lowest BCUT2D eigenvalue weighted by Gasteiger charge is -2.32. The van der Waals surface area contributed by atoms with Crippen molar-refractivity contribution in [2.75, 3.05) is 19.8 Å². The molecule has 1 rings (SSSR count).